The second-order valence-corrected chi connectivity index (χ2v) is 8.63. The number of halogens is 3. The van der Waals surface area contributed by atoms with Gasteiger partial charge in [-0.2, -0.15) is 0 Å². The average Bonchev–Trinajstić information content (AvgIpc) is 2.51. The summed E-state index contributed by atoms with van der Waals surface area (Å²) < 4.78 is 21.8. The Kier molecular flexibility index (Phi) is 3.55. The molecule has 7 aliphatic carbocycles. The zero-order chi connectivity index (χ0) is 14.7. The number of carbonyl (C=O) groups is 1. The molecule has 118 valence electrons. The number of carbonyl (C=O) groups excluding carboxylic acids is 1. The molecule has 0 aromatic carbocycles. The Hall–Kier alpha value is -0.190. The number of hydrogen-bond donors (Lipinski definition) is 0. The van der Waals surface area contributed by atoms with Crippen LogP contribution in [0, 0.1) is 47.3 Å². The quantitative estimate of drug-likeness (QED) is 0.645. The smallest absolute Gasteiger partial charge is 0.251 e. The van der Waals surface area contributed by atoms with Crippen LogP contribution in [0.1, 0.15) is 38.5 Å². The van der Waals surface area contributed by atoms with Crippen LogP contribution in [0.5, 0.6) is 0 Å². The van der Waals surface area contributed by atoms with Crippen LogP contribution in [-0.2, 0) is 9.74 Å². The Morgan fingerprint density at radius 3 is 1.29 bits per heavy atom. The maximum absolute atomic E-state index is 11.3. The maximum Gasteiger partial charge on any atom is 0.393 e. The van der Waals surface area contributed by atoms with Gasteiger partial charge >= 0.3 is 5.97 Å². The monoisotopic (exact) mass is 362 g/mol. The highest BCUT2D eigenvalue weighted by atomic mass is 79.9. The molecule has 5 heteroatoms. The van der Waals surface area contributed by atoms with Gasteiger partial charge in [-0.05, 0) is 102 Å². The van der Waals surface area contributed by atoms with E-state index < -0.39 is 11.1 Å². The van der Waals surface area contributed by atoms with Gasteiger partial charge in [-0.25, -0.2) is 9.18 Å². The molecule has 0 amide bonds. The van der Waals surface area contributed by atoms with E-state index in [4.69, 9.17) is 0 Å². The molecule has 0 N–H and O–H groups in total. The predicted octanol–water partition coefficient (Wildman–Crippen LogP) is 4.43. The SMILES string of the molecule is C1C2CC3C4CC5CC(C14)C(C2)C3C5.O=C(OF)C(F)Br. The molecule has 7 aliphatic rings. The van der Waals surface area contributed by atoms with E-state index in [0.29, 0.717) is 0 Å². The van der Waals surface area contributed by atoms with Crippen molar-refractivity contribution in [3.8, 4) is 0 Å². The van der Waals surface area contributed by atoms with E-state index in [9.17, 15) is 13.7 Å². The van der Waals surface area contributed by atoms with Crippen LogP contribution in [-0.4, -0.2) is 11.1 Å². The normalized spacial score (nSPS) is 52.3. The summed E-state index contributed by atoms with van der Waals surface area (Å²) in [7, 11) is 0. The first-order chi connectivity index (χ1) is 10.1. The predicted molar refractivity (Wildman–Crippen MR) is 76.6 cm³/mol. The Bertz CT molecular complexity index is 354. The van der Waals surface area contributed by atoms with Crippen LogP contribution in [0.2, 0.25) is 0 Å². The maximum atomic E-state index is 11.3. The van der Waals surface area contributed by atoms with Crippen LogP contribution in [0.4, 0.5) is 8.92 Å². The number of hydrogen-bond acceptors (Lipinski definition) is 2. The minimum atomic E-state index is -2.06. The first-order valence-electron chi connectivity index (χ1n) is 8.19. The minimum absolute atomic E-state index is 1.19. The van der Waals surface area contributed by atoms with Crippen LogP contribution >= 0.6 is 15.9 Å². The third-order valence-electron chi connectivity index (χ3n) is 7.19. The van der Waals surface area contributed by atoms with Crippen molar-refractivity contribution in [3.05, 3.63) is 0 Å². The third-order valence-corrected chi connectivity index (χ3v) is 7.56. The van der Waals surface area contributed by atoms with Crippen molar-refractivity contribution in [2.24, 2.45) is 47.3 Å². The van der Waals surface area contributed by atoms with Crippen molar-refractivity contribution in [3.63, 3.8) is 0 Å². The lowest BCUT2D eigenvalue weighted by Crippen LogP contribution is -2.62. The van der Waals surface area contributed by atoms with E-state index in [1.54, 1.807) is 38.5 Å². The molecule has 2 nitrogen and oxygen atoms in total. The molecule has 1 atom stereocenters. The van der Waals surface area contributed by atoms with Crippen molar-refractivity contribution < 1.29 is 18.7 Å². The van der Waals surface area contributed by atoms with Gasteiger partial charge in [0.05, 0.1) is 0 Å². The fourth-order valence-corrected chi connectivity index (χ4v) is 6.99. The van der Waals surface area contributed by atoms with Gasteiger partial charge in [0.2, 0.25) is 0 Å². The summed E-state index contributed by atoms with van der Waals surface area (Å²) in [4.78, 5) is 11.9. The van der Waals surface area contributed by atoms with Gasteiger partial charge in [-0.1, -0.05) is 0 Å². The second kappa shape index (κ2) is 5.17. The lowest BCUT2D eigenvalue weighted by Gasteiger charge is -2.69. The van der Waals surface area contributed by atoms with Gasteiger partial charge in [0.1, 0.15) is 0 Å². The molecule has 0 aromatic heterocycles. The van der Waals surface area contributed by atoms with Gasteiger partial charge in [-0.3, -0.25) is 4.94 Å². The Labute approximate surface area is 132 Å². The molecule has 7 rings (SSSR count). The van der Waals surface area contributed by atoms with E-state index in [1.165, 1.54) is 47.3 Å². The topological polar surface area (TPSA) is 26.3 Å². The summed E-state index contributed by atoms with van der Waals surface area (Å²) in [6, 6.07) is 0. The molecular formula is C16H21BrF2O2. The molecule has 0 aliphatic heterocycles. The molecule has 0 heterocycles. The number of alkyl halides is 2. The standard InChI is InChI=1S/C14H20.C2HBrF2O2/c1-7-2-12-10-4-8-5-11(9(1)10)13(3-7)14(12)6-8;3-1(4)2(6)7-5/h7-14H,1-6H2;1H. The highest BCUT2D eigenvalue weighted by Crippen LogP contribution is 2.71. The highest BCUT2D eigenvalue weighted by molar-refractivity contribution is 9.09. The van der Waals surface area contributed by atoms with Crippen LogP contribution in [0.25, 0.3) is 0 Å². The average molecular weight is 363 g/mol. The van der Waals surface area contributed by atoms with E-state index in [2.05, 4.69) is 20.9 Å². The summed E-state index contributed by atoms with van der Waals surface area (Å²) in [5.74, 6) is 8.17. The molecule has 7 saturated carbocycles. The lowest BCUT2D eigenvalue weighted by molar-refractivity contribution is -0.202. The molecule has 0 spiro atoms. The molecule has 0 radical (unpaired) electrons. The number of rotatable bonds is 1. The Morgan fingerprint density at radius 1 is 0.857 bits per heavy atom. The van der Waals surface area contributed by atoms with E-state index in [1.807, 2.05) is 0 Å². The van der Waals surface area contributed by atoms with Crippen LogP contribution in [0.15, 0.2) is 0 Å². The molecule has 21 heavy (non-hydrogen) atoms. The van der Waals surface area contributed by atoms with Gasteiger partial charge in [-0.15, -0.1) is 0 Å². The van der Waals surface area contributed by atoms with Gasteiger partial charge in [0.15, 0.2) is 0 Å². The van der Waals surface area contributed by atoms with Crippen LogP contribution < -0.4 is 0 Å². The fraction of sp³-hybridized carbons (Fsp3) is 0.938. The zero-order valence-electron chi connectivity index (χ0n) is 11.9. The summed E-state index contributed by atoms with van der Waals surface area (Å²) in [6.07, 6.45) is 9.93. The molecule has 0 aromatic rings. The highest BCUT2D eigenvalue weighted by Gasteiger charge is 2.63. The zero-order valence-corrected chi connectivity index (χ0v) is 13.5. The van der Waals surface area contributed by atoms with Crippen molar-refractivity contribution in [2.75, 3.05) is 0 Å². The van der Waals surface area contributed by atoms with Crippen molar-refractivity contribution in [2.45, 2.75) is 43.6 Å². The van der Waals surface area contributed by atoms with E-state index >= 15 is 0 Å². The first kappa shape index (κ1) is 14.4. The Balaban J connectivity index is 0.000000144. The second-order valence-electron chi connectivity index (χ2n) is 7.83. The Morgan fingerprint density at radius 2 is 1.14 bits per heavy atom. The van der Waals surface area contributed by atoms with E-state index in [0.717, 1.165) is 0 Å². The third kappa shape index (κ3) is 2.17. The van der Waals surface area contributed by atoms with Crippen molar-refractivity contribution in [1.82, 2.24) is 0 Å². The van der Waals surface area contributed by atoms with Gasteiger partial charge in [0, 0.05) is 4.53 Å². The largest absolute Gasteiger partial charge is 0.393 e. The summed E-state index contributed by atoms with van der Waals surface area (Å²) in [6.45, 7) is 0. The van der Waals surface area contributed by atoms with Crippen molar-refractivity contribution in [1.29, 1.82) is 0 Å². The van der Waals surface area contributed by atoms with Gasteiger partial charge in [0.25, 0.3) is 5.08 Å². The van der Waals surface area contributed by atoms with Gasteiger partial charge < -0.3 is 0 Å². The lowest BCUT2D eigenvalue weighted by atomic mass is 9.36. The first-order valence-corrected chi connectivity index (χ1v) is 9.10. The summed E-state index contributed by atoms with van der Waals surface area (Å²) in [5.41, 5.74) is 0. The summed E-state index contributed by atoms with van der Waals surface area (Å²) >= 11 is 2.12. The summed E-state index contributed by atoms with van der Waals surface area (Å²) in [5, 5.41) is -2.06. The van der Waals surface area contributed by atoms with E-state index in [-0.39, 0.29) is 0 Å². The molecular weight excluding hydrogens is 342 g/mol. The molecule has 1 unspecified atom stereocenters. The fourth-order valence-electron chi connectivity index (χ4n) is 6.92. The molecule has 0 saturated heterocycles. The minimum Gasteiger partial charge on any atom is -0.251 e. The molecule has 7 fully saturated rings. The van der Waals surface area contributed by atoms with Crippen molar-refractivity contribution >= 4 is 21.9 Å². The van der Waals surface area contributed by atoms with Crippen LogP contribution in [0.3, 0.4) is 0 Å². The molecule has 8 bridgehead atoms.